The first-order valence-corrected chi connectivity index (χ1v) is 8.08. The van der Waals surface area contributed by atoms with E-state index in [1.54, 1.807) is 6.07 Å². The number of hydrogen-bond acceptors (Lipinski definition) is 2. The molecule has 0 saturated heterocycles. The van der Waals surface area contributed by atoms with Crippen molar-refractivity contribution in [3.8, 4) is 17.0 Å². The van der Waals surface area contributed by atoms with Gasteiger partial charge in [-0.25, -0.2) is 4.98 Å². The van der Waals surface area contributed by atoms with Crippen LogP contribution in [0.5, 0.6) is 5.75 Å². The second-order valence-electron chi connectivity index (χ2n) is 6.21. The van der Waals surface area contributed by atoms with Gasteiger partial charge in [0.15, 0.2) is 11.4 Å². The molecule has 0 aliphatic heterocycles. The summed E-state index contributed by atoms with van der Waals surface area (Å²) in [5.74, 6) is 0.945. The minimum atomic E-state index is 0.215. The van der Waals surface area contributed by atoms with E-state index in [-0.39, 0.29) is 5.75 Å². The lowest BCUT2D eigenvalue weighted by atomic mass is 9.84. The Morgan fingerprint density at radius 1 is 1.00 bits per heavy atom. The summed E-state index contributed by atoms with van der Waals surface area (Å²) in [6.07, 6.45) is 10.6. The van der Waals surface area contributed by atoms with Gasteiger partial charge in [-0.1, -0.05) is 43.5 Å². The minimum Gasteiger partial charge on any atom is -0.504 e. The fourth-order valence-electron chi connectivity index (χ4n) is 3.50. The maximum atomic E-state index is 9.86. The topological polar surface area (TPSA) is 37.5 Å². The van der Waals surface area contributed by atoms with E-state index in [0.717, 1.165) is 17.2 Å². The van der Waals surface area contributed by atoms with Crippen molar-refractivity contribution in [2.75, 3.05) is 0 Å². The lowest BCUT2D eigenvalue weighted by Gasteiger charge is -2.21. The predicted octanol–water partition coefficient (Wildman–Crippen LogP) is 4.75. The van der Waals surface area contributed by atoms with Crippen LogP contribution in [0.4, 0.5) is 0 Å². The molecular formula is C19H20N2O. The largest absolute Gasteiger partial charge is 0.504 e. The highest BCUT2D eigenvalue weighted by molar-refractivity contribution is 5.65. The van der Waals surface area contributed by atoms with Crippen LogP contribution in [0.3, 0.4) is 0 Å². The van der Waals surface area contributed by atoms with Crippen LogP contribution >= 0.6 is 0 Å². The highest BCUT2D eigenvalue weighted by Crippen LogP contribution is 2.33. The van der Waals surface area contributed by atoms with Gasteiger partial charge in [0.2, 0.25) is 0 Å². The van der Waals surface area contributed by atoms with Crippen molar-refractivity contribution in [3.05, 3.63) is 54.4 Å². The zero-order valence-corrected chi connectivity index (χ0v) is 12.6. The van der Waals surface area contributed by atoms with Crippen LogP contribution in [-0.4, -0.2) is 14.5 Å². The Hall–Kier alpha value is -2.29. The standard InChI is InChI=1S/C19H20N2O/c22-18-7-4-12-21-13-17(20-19(18)21)16-10-8-15(9-11-16)14-5-2-1-3-6-14/h4,7-14,22H,1-3,5-6H2. The summed E-state index contributed by atoms with van der Waals surface area (Å²) in [5, 5.41) is 9.86. The number of nitrogens with zero attached hydrogens (tertiary/aromatic N) is 2. The second kappa shape index (κ2) is 5.48. The minimum absolute atomic E-state index is 0.215. The van der Waals surface area contributed by atoms with E-state index in [1.165, 1.54) is 37.7 Å². The molecule has 0 amide bonds. The molecule has 1 aliphatic rings. The SMILES string of the molecule is Oc1cccn2cc(-c3ccc(C4CCCCC4)cc3)nc12. The maximum absolute atomic E-state index is 9.86. The van der Waals surface area contributed by atoms with Crippen LogP contribution in [-0.2, 0) is 0 Å². The molecule has 1 aromatic carbocycles. The Kier molecular flexibility index (Phi) is 3.34. The summed E-state index contributed by atoms with van der Waals surface area (Å²) in [7, 11) is 0. The molecule has 1 fully saturated rings. The molecule has 1 N–H and O–H groups in total. The van der Waals surface area contributed by atoms with Crippen molar-refractivity contribution < 1.29 is 5.11 Å². The Bertz CT molecular complexity index is 783. The predicted molar refractivity (Wildman–Crippen MR) is 88.1 cm³/mol. The van der Waals surface area contributed by atoms with Gasteiger partial charge in [-0.2, -0.15) is 0 Å². The number of aromatic hydroxyl groups is 1. The first-order valence-electron chi connectivity index (χ1n) is 8.08. The van der Waals surface area contributed by atoms with Crippen molar-refractivity contribution in [1.29, 1.82) is 0 Å². The highest BCUT2D eigenvalue weighted by atomic mass is 16.3. The molecule has 3 aromatic rings. The monoisotopic (exact) mass is 292 g/mol. The number of aromatic nitrogens is 2. The molecule has 112 valence electrons. The van der Waals surface area contributed by atoms with Crippen LogP contribution in [0.2, 0.25) is 0 Å². The molecule has 3 heteroatoms. The van der Waals surface area contributed by atoms with Crippen LogP contribution in [0.15, 0.2) is 48.8 Å². The molecule has 0 unspecified atom stereocenters. The first-order chi connectivity index (χ1) is 10.8. The number of pyridine rings is 1. The molecule has 0 spiro atoms. The van der Waals surface area contributed by atoms with E-state index in [2.05, 4.69) is 29.2 Å². The number of benzene rings is 1. The average Bonchev–Trinajstić information content (AvgIpc) is 3.02. The summed E-state index contributed by atoms with van der Waals surface area (Å²) in [4.78, 5) is 4.54. The van der Waals surface area contributed by atoms with Gasteiger partial charge < -0.3 is 9.51 Å². The Balaban J connectivity index is 1.65. The second-order valence-corrected chi connectivity index (χ2v) is 6.21. The van der Waals surface area contributed by atoms with E-state index in [4.69, 9.17) is 0 Å². The van der Waals surface area contributed by atoms with E-state index in [1.807, 2.05) is 22.9 Å². The van der Waals surface area contributed by atoms with E-state index in [0.29, 0.717) is 5.65 Å². The maximum Gasteiger partial charge on any atom is 0.180 e. The number of imidazole rings is 1. The van der Waals surface area contributed by atoms with Gasteiger partial charge in [-0.3, -0.25) is 0 Å². The lowest BCUT2D eigenvalue weighted by molar-refractivity contribution is 0.443. The van der Waals surface area contributed by atoms with Gasteiger partial charge in [0.05, 0.1) is 5.69 Å². The highest BCUT2D eigenvalue weighted by Gasteiger charge is 2.15. The van der Waals surface area contributed by atoms with Crippen molar-refractivity contribution in [3.63, 3.8) is 0 Å². The van der Waals surface area contributed by atoms with Crippen LogP contribution < -0.4 is 0 Å². The fraction of sp³-hybridized carbons (Fsp3) is 0.316. The Labute approximate surface area is 130 Å². The molecule has 1 aliphatic carbocycles. The molecule has 4 rings (SSSR count). The molecular weight excluding hydrogens is 272 g/mol. The molecule has 1 saturated carbocycles. The Morgan fingerprint density at radius 3 is 2.50 bits per heavy atom. The molecule has 0 bridgehead atoms. The first kappa shape index (κ1) is 13.4. The third-order valence-electron chi connectivity index (χ3n) is 4.75. The number of rotatable bonds is 2. The van der Waals surface area contributed by atoms with Gasteiger partial charge in [-0.15, -0.1) is 0 Å². The normalized spacial score (nSPS) is 16.2. The number of fused-ring (bicyclic) bond motifs is 1. The molecule has 22 heavy (non-hydrogen) atoms. The van der Waals surface area contributed by atoms with Crippen LogP contribution in [0.1, 0.15) is 43.6 Å². The van der Waals surface area contributed by atoms with Gasteiger partial charge in [-0.05, 0) is 36.5 Å². The van der Waals surface area contributed by atoms with Crippen molar-refractivity contribution in [2.24, 2.45) is 0 Å². The summed E-state index contributed by atoms with van der Waals surface area (Å²) in [6.45, 7) is 0. The summed E-state index contributed by atoms with van der Waals surface area (Å²) in [5.41, 5.74) is 4.06. The van der Waals surface area contributed by atoms with Crippen molar-refractivity contribution in [1.82, 2.24) is 9.38 Å². The van der Waals surface area contributed by atoms with Gasteiger partial charge >= 0.3 is 0 Å². The summed E-state index contributed by atoms with van der Waals surface area (Å²) in [6, 6.07) is 12.3. The third kappa shape index (κ3) is 2.37. The fourth-order valence-corrected chi connectivity index (χ4v) is 3.50. The molecule has 2 heterocycles. The molecule has 3 nitrogen and oxygen atoms in total. The smallest absolute Gasteiger partial charge is 0.180 e. The van der Waals surface area contributed by atoms with Crippen LogP contribution in [0.25, 0.3) is 16.9 Å². The van der Waals surface area contributed by atoms with Crippen molar-refractivity contribution in [2.45, 2.75) is 38.0 Å². The van der Waals surface area contributed by atoms with Crippen LogP contribution in [0, 0.1) is 0 Å². The molecule has 2 aromatic heterocycles. The quantitative estimate of drug-likeness (QED) is 0.739. The molecule has 0 atom stereocenters. The summed E-state index contributed by atoms with van der Waals surface area (Å²) < 4.78 is 1.86. The van der Waals surface area contributed by atoms with Gasteiger partial charge in [0, 0.05) is 18.0 Å². The van der Waals surface area contributed by atoms with E-state index >= 15 is 0 Å². The zero-order valence-electron chi connectivity index (χ0n) is 12.6. The zero-order chi connectivity index (χ0) is 14.9. The lowest BCUT2D eigenvalue weighted by Crippen LogP contribution is -2.04. The van der Waals surface area contributed by atoms with E-state index in [9.17, 15) is 5.11 Å². The van der Waals surface area contributed by atoms with E-state index < -0.39 is 0 Å². The van der Waals surface area contributed by atoms with Gasteiger partial charge in [0.25, 0.3) is 0 Å². The average molecular weight is 292 g/mol. The number of hydrogen-bond donors (Lipinski definition) is 1. The summed E-state index contributed by atoms with van der Waals surface area (Å²) >= 11 is 0. The third-order valence-corrected chi connectivity index (χ3v) is 4.75. The van der Waals surface area contributed by atoms with Crippen molar-refractivity contribution >= 4 is 5.65 Å². The molecule has 0 radical (unpaired) electrons. The Morgan fingerprint density at radius 2 is 1.77 bits per heavy atom. The van der Waals surface area contributed by atoms with Gasteiger partial charge in [0.1, 0.15) is 0 Å².